The molecule has 0 aliphatic carbocycles. The number of aromatic nitrogens is 1. The number of carbonyl (C=O) groups excluding carboxylic acids is 1. The third-order valence-electron chi connectivity index (χ3n) is 2.38. The summed E-state index contributed by atoms with van der Waals surface area (Å²) in [5, 5.41) is 11.9. The van der Waals surface area contributed by atoms with E-state index in [-0.39, 0.29) is 11.3 Å². The zero-order valence-corrected chi connectivity index (χ0v) is 9.25. The van der Waals surface area contributed by atoms with Crippen LogP contribution in [0.1, 0.15) is 15.9 Å². The van der Waals surface area contributed by atoms with Gasteiger partial charge in [-0.25, -0.2) is 4.39 Å². The Morgan fingerprint density at radius 1 is 1.06 bits per heavy atom. The number of benzene rings is 1. The third kappa shape index (κ3) is 2.40. The second-order valence-electron chi connectivity index (χ2n) is 3.52. The number of nitrogens with zero attached hydrogens (tertiary/aromatic N) is 2. The molecular weight excluding hydrogens is 235 g/mol. The van der Waals surface area contributed by atoms with Gasteiger partial charge in [-0.05, 0) is 36.4 Å². The van der Waals surface area contributed by atoms with E-state index in [1.165, 1.54) is 36.7 Å². The van der Waals surface area contributed by atoms with Crippen molar-refractivity contribution in [2.24, 2.45) is 5.16 Å². The van der Waals surface area contributed by atoms with Crippen molar-refractivity contribution in [2.45, 2.75) is 0 Å². The van der Waals surface area contributed by atoms with E-state index in [1.54, 1.807) is 12.1 Å². The highest BCUT2D eigenvalue weighted by molar-refractivity contribution is 6.51. The van der Waals surface area contributed by atoms with Gasteiger partial charge >= 0.3 is 0 Å². The molecule has 0 bridgehead atoms. The van der Waals surface area contributed by atoms with Gasteiger partial charge in [0.15, 0.2) is 5.71 Å². The first kappa shape index (κ1) is 11.9. The number of hydrogen-bond donors (Lipinski definition) is 1. The van der Waals surface area contributed by atoms with Crippen LogP contribution in [0.25, 0.3) is 0 Å². The van der Waals surface area contributed by atoms with E-state index in [1.807, 2.05) is 0 Å². The zero-order chi connectivity index (χ0) is 13.0. The van der Waals surface area contributed by atoms with Crippen LogP contribution < -0.4 is 0 Å². The summed E-state index contributed by atoms with van der Waals surface area (Å²) in [6, 6.07) is 8.13. The normalized spacial score (nSPS) is 11.3. The summed E-state index contributed by atoms with van der Waals surface area (Å²) in [6.45, 7) is 0. The van der Waals surface area contributed by atoms with E-state index in [2.05, 4.69) is 10.1 Å². The van der Waals surface area contributed by atoms with Gasteiger partial charge in [-0.15, -0.1) is 0 Å². The maximum atomic E-state index is 12.8. The van der Waals surface area contributed by atoms with Gasteiger partial charge in [-0.2, -0.15) is 0 Å². The molecule has 5 heteroatoms. The molecular formula is C13H9FN2O2. The number of pyridine rings is 1. The molecule has 4 nitrogen and oxygen atoms in total. The average Bonchev–Trinajstić information content (AvgIpc) is 2.41. The Morgan fingerprint density at radius 3 is 2.22 bits per heavy atom. The molecule has 0 amide bonds. The van der Waals surface area contributed by atoms with Crippen LogP contribution in [0, 0.1) is 5.82 Å². The summed E-state index contributed by atoms with van der Waals surface area (Å²) in [6.07, 6.45) is 2.97. The zero-order valence-electron chi connectivity index (χ0n) is 9.25. The lowest BCUT2D eigenvalue weighted by molar-refractivity contribution is 0.106. The van der Waals surface area contributed by atoms with Gasteiger partial charge in [0, 0.05) is 23.5 Å². The molecule has 0 saturated heterocycles. The van der Waals surface area contributed by atoms with E-state index in [0.717, 1.165) is 0 Å². The van der Waals surface area contributed by atoms with Crippen molar-refractivity contribution >= 4 is 11.5 Å². The topological polar surface area (TPSA) is 62.5 Å². The molecule has 1 N–H and O–H groups in total. The fraction of sp³-hybridized carbons (Fsp3) is 0. The highest BCUT2D eigenvalue weighted by atomic mass is 19.1. The number of ketones is 1. The fourth-order valence-corrected chi connectivity index (χ4v) is 1.48. The maximum Gasteiger partial charge on any atom is 0.215 e. The summed E-state index contributed by atoms with van der Waals surface area (Å²) < 4.78 is 12.8. The van der Waals surface area contributed by atoms with Gasteiger partial charge in [-0.3, -0.25) is 9.78 Å². The molecule has 1 aromatic heterocycles. The maximum absolute atomic E-state index is 12.8. The Hall–Kier alpha value is -2.56. The van der Waals surface area contributed by atoms with Crippen LogP contribution in [0.2, 0.25) is 0 Å². The molecule has 0 spiro atoms. The number of halogens is 1. The Labute approximate surface area is 102 Å². The van der Waals surface area contributed by atoms with Crippen molar-refractivity contribution in [3.8, 4) is 0 Å². The van der Waals surface area contributed by atoms with Gasteiger partial charge in [0.05, 0.1) is 0 Å². The van der Waals surface area contributed by atoms with Crippen LogP contribution in [-0.4, -0.2) is 21.7 Å². The SMILES string of the molecule is O=C(/C(=N/O)c1ccncc1)c1ccc(F)cc1. The number of Topliss-reactive ketones (excluding diaryl/α,β-unsaturated/α-hetero) is 1. The van der Waals surface area contributed by atoms with Crippen molar-refractivity contribution in [1.29, 1.82) is 0 Å². The summed E-state index contributed by atoms with van der Waals surface area (Å²) >= 11 is 0. The highest BCUT2D eigenvalue weighted by Gasteiger charge is 2.16. The van der Waals surface area contributed by atoms with Crippen LogP contribution in [0.3, 0.4) is 0 Å². The predicted molar refractivity (Wildman–Crippen MR) is 63.3 cm³/mol. The molecule has 0 aliphatic heterocycles. The minimum Gasteiger partial charge on any atom is -0.410 e. The standard InChI is InChI=1S/C13H9FN2O2/c14-11-3-1-10(2-4-11)13(17)12(16-18)9-5-7-15-8-6-9/h1-8,18H/b16-12+. The van der Waals surface area contributed by atoms with Gasteiger partial charge in [0.1, 0.15) is 5.82 Å². The van der Waals surface area contributed by atoms with Crippen LogP contribution in [-0.2, 0) is 0 Å². The molecule has 1 aromatic carbocycles. The lowest BCUT2D eigenvalue weighted by Crippen LogP contribution is -2.16. The van der Waals surface area contributed by atoms with Crippen LogP contribution >= 0.6 is 0 Å². The second-order valence-corrected chi connectivity index (χ2v) is 3.52. The molecule has 0 fully saturated rings. The molecule has 1 heterocycles. The van der Waals surface area contributed by atoms with Crippen molar-refractivity contribution in [2.75, 3.05) is 0 Å². The monoisotopic (exact) mass is 244 g/mol. The lowest BCUT2D eigenvalue weighted by atomic mass is 10.0. The molecule has 0 unspecified atom stereocenters. The summed E-state index contributed by atoms with van der Waals surface area (Å²) in [7, 11) is 0. The van der Waals surface area contributed by atoms with Crippen molar-refractivity contribution in [3.63, 3.8) is 0 Å². The molecule has 0 atom stereocenters. The molecule has 90 valence electrons. The first-order valence-electron chi connectivity index (χ1n) is 5.15. The molecule has 0 radical (unpaired) electrons. The predicted octanol–water partition coefficient (Wildman–Crippen LogP) is 2.28. The quantitative estimate of drug-likeness (QED) is 0.390. The van der Waals surface area contributed by atoms with E-state index in [4.69, 9.17) is 5.21 Å². The minimum absolute atomic E-state index is 0.107. The van der Waals surface area contributed by atoms with Gasteiger partial charge in [0.25, 0.3) is 0 Å². The van der Waals surface area contributed by atoms with Gasteiger partial charge in [0.2, 0.25) is 5.78 Å². The van der Waals surface area contributed by atoms with Gasteiger partial charge in [-0.1, -0.05) is 5.16 Å². The third-order valence-corrected chi connectivity index (χ3v) is 2.38. The van der Waals surface area contributed by atoms with Crippen molar-refractivity contribution in [3.05, 3.63) is 65.7 Å². The largest absolute Gasteiger partial charge is 0.410 e. The van der Waals surface area contributed by atoms with Gasteiger partial charge < -0.3 is 5.21 Å². The number of oxime groups is 1. The van der Waals surface area contributed by atoms with E-state index in [0.29, 0.717) is 5.56 Å². The molecule has 0 saturated carbocycles. The number of hydrogen-bond acceptors (Lipinski definition) is 4. The summed E-state index contributed by atoms with van der Waals surface area (Å²) in [4.78, 5) is 15.9. The van der Waals surface area contributed by atoms with Crippen molar-refractivity contribution < 1.29 is 14.4 Å². The van der Waals surface area contributed by atoms with Crippen molar-refractivity contribution in [1.82, 2.24) is 4.98 Å². The van der Waals surface area contributed by atoms with Crippen LogP contribution in [0.15, 0.2) is 53.9 Å². The summed E-state index contributed by atoms with van der Waals surface area (Å²) in [5.41, 5.74) is 0.590. The Bertz CT molecular complexity index is 580. The Kier molecular flexibility index (Phi) is 3.43. The lowest BCUT2D eigenvalue weighted by Gasteiger charge is -2.03. The van der Waals surface area contributed by atoms with E-state index < -0.39 is 11.6 Å². The number of carbonyl (C=O) groups is 1. The average molecular weight is 244 g/mol. The van der Waals surface area contributed by atoms with E-state index in [9.17, 15) is 9.18 Å². The number of rotatable bonds is 3. The second kappa shape index (κ2) is 5.18. The Balaban J connectivity index is 2.35. The highest BCUT2D eigenvalue weighted by Crippen LogP contribution is 2.09. The van der Waals surface area contributed by atoms with Crippen LogP contribution in [0.5, 0.6) is 0 Å². The first-order chi connectivity index (χ1) is 8.72. The molecule has 0 aliphatic rings. The molecule has 18 heavy (non-hydrogen) atoms. The molecule has 2 aromatic rings. The molecule has 2 rings (SSSR count). The van der Waals surface area contributed by atoms with Crippen LogP contribution in [0.4, 0.5) is 4.39 Å². The Morgan fingerprint density at radius 2 is 1.67 bits per heavy atom. The fourth-order valence-electron chi connectivity index (χ4n) is 1.48. The minimum atomic E-state index is -0.483. The first-order valence-corrected chi connectivity index (χ1v) is 5.15. The van der Waals surface area contributed by atoms with E-state index >= 15 is 0 Å². The smallest absolute Gasteiger partial charge is 0.215 e. The summed E-state index contributed by atoms with van der Waals surface area (Å²) in [5.74, 6) is -0.915.